The molecule has 0 saturated heterocycles. The minimum absolute atomic E-state index is 0.816. The Kier molecular flexibility index (Phi) is 2.92. The first-order valence-corrected chi connectivity index (χ1v) is 6.05. The van der Waals surface area contributed by atoms with E-state index in [1.165, 1.54) is 5.56 Å². The van der Waals surface area contributed by atoms with Crippen LogP contribution in [0.3, 0.4) is 0 Å². The highest BCUT2D eigenvalue weighted by molar-refractivity contribution is 5.90. The van der Waals surface area contributed by atoms with Gasteiger partial charge in [0, 0.05) is 18.1 Å². The van der Waals surface area contributed by atoms with Crippen molar-refractivity contribution in [1.29, 1.82) is 0 Å². The summed E-state index contributed by atoms with van der Waals surface area (Å²) in [7, 11) is 0. The molecule has 18 heavy (non-hydrogen) atoms. The van der Waals surface area contributed by atoms with E-state index >= 15 is 0 Å². The van der Waals surface area contributed by atoms with Gasteiger partial charge in [-0.05, 0) is 17.7 Å². The quantitative estimate of drug-likeness (QED) is 0.744. The monoisotopic (exact) mass is 234 g/mol. The molecular formula is C16H14N2. The first-order valence-electron chi connectivity index (χ1n) is 6.05. The van der Waals surface area contributed by atoms with E-state index in [-0.39, 0.29) is 0 Å². The van der Waals surface area contributed by atoms with Crippen molar-refractivity contribution in [2.24, 2.45) is 0 Å². The molecule has 1 aromatic heterocycles. The zero-order valence-electron chi connectivity index (χ0n) is 10.0. The summed E-state index contributed by atoms with van der Waals surface area (Å²) in [5.74, 6) is 0. The van der Waals surface area contributed by atoms with Crippen LogP contribution in [0.5, 0.6) is 0 Å². The maximum atomic E-state index is 4.43. The molecule has 0 radical (unpaired) electrons. The van der Waals surface area contributed by atoms with E-state index in [0.29, 0.717) is 0 Å². The summed E-state index contributed by atoms with van der Waals surface area (Å²) in [4.78, 5) is 4.43. The molecule has 0 saturated carbocycles. The van der Waals surface area contributed by atoms with Crippen LogP contribution in [-0.4, -0.2) is 4.98 Å². The zero-order valence-corrected chi connectivity index (χ0v) is 10.0. The number of nitrogens with zero attached hydrogens (tertiary/aromatic N) is 1. The molecule has 0 atom stereocenters. The number of hydrogen-bond donors (Lipinski definition) is 1. The third kappa shape index (κ3) is 2.18. The van der Waals surface area contributed by atoms with E-state index < -0.39 is 0 Å². The van der Waals surface area contributed by atoms with Gasteiger partial charge in [-0.3, -0.25) is 4.98 Å². The number of anilines is 1. The lowest BCUT2D eigenvalue weighted by atomic mass is 10.1. The van der Waals surface area contributed by atoms with E-state index in [1.807, 2.05) is 18.3 Å². The second-order valence-electron chi connectivity index (χ2n) is 4.22. The predicted molar refractivity (Wildman–Crippen MR) is 75.5 cm³/mol. The first-order chi connectivity index (χ1) is 8.93. The van der Waals surface area contributed by atoms with Crippen LogP contribution in [0.4, 0.5) is 5.69 Å². The molecule has 0 fully saturated rings. The number of rotatable bonds is 3. The van der Waals surface area contributed by atoms with Crippen molar-refractivity contribution in [3.63, 3.8) is 0 Å². The van der Waals surface area contributed by atoms with Gasteiger partial charge in [0.15, 0.2) is 0 Å². The summed E-state index contributed by atoms with van der Waals surface area (Å²) in [5.41, 5.74) is 3.37. The molecule has 2 aromatic carbocycles. The SMILES string of the molecule is c1ccc(CNc2cccc3cccnc23)cc1. The third-order valence-electron chi connectivity index (χ3n) is 2.96. The third-order valence-corrected chi connectivity index (χ3v) is 2.96. The molecule has 2 nitrogen and oxygen atoms in total. The lowest BCUT2D eigenvalue weighted by molar-refractivity contribution is 1.15. The Bertz CT molecular complexity index is 642. The average molecular weight is 234 g/mol. The molecule has 0 aliphatic rings. The Morgan fingerprint density at radius 1 is 0.833 bits per heavy atom. The highest BCUT2D eigenvalue weighted by atomic mass is 14.9. The van der Waals surface area contributed by atoms with Gasteiger partial charge in [-0.25, -0.2) is 0 Å². The second kappa shape index (κ2) is 4.88. The van der Waals surface area contributed by atoms with Crippen molar-refractivity contribution in [3.8, 4) is 0 Å². The summed E-state index contributed by atoms with van der Waals surface area (Å²) in [6, 6.07) is 20.6. The molecule has 0 unspecified atom stereocenters. The van der Waals surface area contributed by atoms with Crippen LogP contribution in [-0.2, 0) is 6.54 Å². The molecule has 0 aliphatic heterocycles. The largest absolute Gasteiger partial charge is 0.379 e. The first kappa shape index (κ1) is 10.8. The molecule has 0 bridgehead atoms. The summed E-state index contributed by atoms with van der Waals surface area (Å²) in [6.45, 7) is 0.816. The molecule has 0 aliphatic carbocycles. The molecule has 1 N–H and O–H groups in total. The van der Waals surface area contributed by atoms with Crippen molar-refractivity contribution in [2.75, 3.05) is 5.32 Å². The maximum absolute atomic E-state index is 4.43. The highest BCUT2D eigenvalue weighted by Gasteiger charge is 2.00. The van der Waals surface area contributed by atoms with Crippen LogP contribution < -0.4 is 5.32 Å². The molecule has 2 heteroatoms. The molecule has 0 amide bonds. The van der Waals surface area contributed by atoms with E-state index in [9.17, 15) is 0 Å². The molecular weight excluding hydrogens is 220 g/mol. The van der Waals surface area contributed by atoms with Crippen LogP contribution in [0, 0.1) is 0 Å². The molecule has 0 spiro atoms. The summed E-state index contributed by atoms with van der Waals surface area (Å²) in [5, 5.41) is 4.60. The van der Waals surface area contributed by atoms with Gasteiger partial charge in [0.2, 0.25) is 0 Å². The van der Waals surface area contributed by atoms with Gasteiger partial charge in [0.1, 0.15) is 0 Å². The number of pyridine rings is 1. The lowest BCUT2D eigenvalue weighted by Gasteiger charge is -2.08. The number of benzene rings is 2. The van der Waals surface area contributed by atoms with E-state index in [1.54, 1.807) is 0 Å². The Morgan fingerprint density at radius 3 is 2.56 bits per heavy atom. The molecule has 88 valence electrons. The average Bonchev–Trinajstić information content (AvgIpc) is 2.46. The summed E-state index contributed by atoms with van der Waals surface area (Å²) >= 11 is 0. The van der Waals surface area contributed by atoms with E-state index in [4.69, 9.17) is 0 Å². The lowest BCUT2D eigenvalue weighted by Crippen LogP contribution is -2.00. The fraction of sp³-hybridized carbons (Fsp3) is 0.0625. The topological polar surface area (TPSA) is 24.9 Å². The number of hydrogen-bond acceptors (Lipinski definition) is 2. The number of aromatic nitrogens is 1. The van der Waals surface area contributed by atoms with Crippen molar-refractivity contribution < 1.29 is 0 Å². The van der Waals surface area contributed by atoms with Gasteiger partial charge in [-0.1, -0.05) is 48.5 Å². The van der Waals surface area contributed by atoms with E-state index in [2.05, 4.69) is 58.8 Å². The number of para-hydroxylation sites is 1. The zero-order chi connectivity index (χ0) is 12.2. The van der Waals surface area contributed by atoms with Crippen LogP contribution in [0.15, 0.2) is 66.9 Å². The van der Waals surface area contributed by atoms with Gasteiger partial charge in [0.05, 0.1) is 11.2 Å². The smallest absolute Gasteiger partial charge is 0.0933 e. The summed E-state index contributed by atoms with van der Waals surface area (Å²) < 4.78 is 0. The van der Waals surface area contributed by atoms with Gasteiger partial charge in [-0.15, -0.1) is 0 Å². The molecule has 3 rings (SSSR count). The maximum Gasteiger partial charge on any atom is 0.0933 e. The van der Waals surface area contributed by atoms with E-state index in [0.717, 1.165) is 23.1 Å². The Labute approximate surface area is 106 Å². The Morgan fingerprint density at radius 2 is 1.67 bits per heavy atom. The summed E-state index contributed by atoms with van der Waals surface area (Å²) in [6.07, 6.45) is 1.83. The van der Waals surface area contributed by atoms with Gasteiger partial charge >= 0.3 is 0 Å². The predicted octanol–water partition coefficient (Wildman–Crippen LogP) is 3.85. The van der Waals surface area contributed by atoms with Gasteiger partial charge < -0.3 is 5.32 Å². The number of fused-ring (bicyclic) bond motifs is 1. The Hall–Kier alpha value is -2.35. The second-order valence-corrected chi connectivity index (χ2v) is 4.22. The van der Waals surface area contributed by atoms with Gasteiger partial charge in [0.25, 0.3) is 0 Å². The van der Waals surface area contributed by atoms with Crippen LogP contribution in [0.2, 0.25) is 0 Å². The van der Waals surface area contributed by atoms with Crippen LogP contribution in [0.25, 0.3) is 10.9 Å². The molecule has 1 heterocycles. The van der Waals surface area contributed by atoms with Crippen molar-refractivity contribution in [1.82, 2.24) is 4.98 Å². The standard InChI is InChI=1S/C16H14N2/c1-2-6-13(7-3-1)12-18-15-10-4-8-14-9-5-11-17-16(14)15/h1-11,18H,12H2. The normalized spacial score (nSPS) is 10.4. The minimum atomic E-state index is 0.816. The van der Waals surface area contributed by atoms with Crippen molar-refractivity contribution in [2.45, 2.75) is 6.54 Å². The number of nitrogens with one attached hydrogen (secondary N) is 1. The highest BCUT2D eigenvalue weighted by Crippen LogP contribution is 2.21. The van der Waals surface area contributed by atoms with Crippen LogP contribution >= 0.6 is 0 Å². The fourth-order valence-corrected chi connectivity index (χ4v) is 2.04. The van der Waals surface area contributed by atoms with Crippen molar-refractivity contribution >= 4 is 16.6 Å². The minimum Gasteiger partial charge on any atom is -0.379 e. The van der Waals surface area contributed by atoms with Crippen molar-refractivity contribution in [3.05, 3.63) is 72.4 Å². The van der Waals surface area contributed by atoms with Crippen LogP contribution in [0.1, 0.15) is 5.56 Å². The Balaban J connectivity index is 1.87. The molecule has 3 aromatic rings. The fourth-order valence-electron chi connectivity index (χ4n) is 2.04. The van der Waals surface area contributed by atoms with Gasteiger partial charge in [-0.2, -0.15) is 0 Å².